The van der Waals surface area contributed by atoms with Crippen LogP contribution in [0.2, 0.25) is 0 Å². The number of thiazole rings is 1. The molecule has 0 spiro atoms. The van der Waals surface area contributed by atoms with E-state index in [0.29, 0.717) is 41.0 Å². The van der Waals surface area contributed by atoms with Crippen molar-refractivity contribution in [3.05, 3.63) is 52.8 Å². The van der Waals surface area contributed by atoms with Crippen LogP contribution in [-0.2, 0) is 21.9 Å². The summed E-state index contributed by atoms with van der Waals surface area (Å²) in [5.74, 6) is 0.0210. The number of carbonyl (C=O) groups is 2. The van der Waals surface area contributed by atoms with Crippen LogP contribution in [0, 0.1) is 11.8 Å². The predicted octanol–water partition coefficient (Wildman–Crippen LogP) is 3.61. The third-order valence-electron chi connectivity index (χ3n) is 5.90. The van der Waals surface area contributed by atoms with Crippen LogP contribution in [0.5, 0.6) is 0 Å². The van der Waals surface area contributed by atoms with Crippen LogP contribution in [0.4, 0.5) is 5.69 Å². The van der Waals surface area contributed by atoms with Gasteiger partial charge in [0.2, 0.25) is 15.9 Å². The van der Waals surface area contributed by atoms with E-state index < -0.39 is 15.9 Å². The quantitative estimate of drug-likeness (QED) is 0.591. The number of carbonyl (C=O) groups excluding carboxylic acids is 2. The molecule has 2 atom stereocenters. The number of nitrogens with one attached hydrogen (secondary N) is 1. The average molecular weight is 501 g/mol. The van der Waals surface area contributed by atoms with E-state index in [1.807, 2.05) is 23.7 Å². The summed E-state index contributed by atoms with van der Waals surface area (Å²) in [4.78, 5) is 29.1. The molecule has 0 radical (unpaired) electrons. The van der Waals surface area contributed by atoms with Crippen molar-refractivity contribution in [3.8, 4) is 0 Å². The summed E-state index contributed by atoms with van der Waals surface area (Å²) < 4.78 is 30.4. The van der Waals surface area contributed by atoms with Gasteiger partial charge in [0.1, 0.15) is 0 Å². The molecule has 1 N–H and O–H groups in total. The van der Waals surface area contributed by atoms with Gasteiger partial charge in [-0.05, 0) is 60.7 Å². The van der Waals surface area contributed by atoms with E-state index in [4.69, 9.17) is 0 Å². The molecule has 8 nitrogen and oxygen atoms in total. The van der Waals surface area contributed by atoms with Gasteiger partial charge >= 0.3 is 0 Å². The normalized spacial score (nSPS) is 19.9. The monoisotopic (exact) mass is 500 g/mol. The fourth-order valence-corrected chi connectivity index (χ4v) is 7.13. The Kier molecular flexibility index (Phi) is 6.75. The zero-order valence-corrected chi connectivity index (χ0v) is 21.2. The second-order valence-electron chi connectivity index (χ2n) is 9.02. The maximum atomic E-state index is 13.1. The largest absolute Gasteiger partial charge is 0.326 e. The predicted molar refractivity (Wildman–Crippen MR) is 133 cm³/mol. The molecule has 2 aromatic carbocycles. The van der Waals surface area contributed by atoms with Gasteiger partial charge in [-0.2, -0.15) is 9.30 Å². The fourth-order valence-electron chi connectivity index (χ4n) is 4.39. The Labute approximate surface area is 203 Å². The summed E-state index contributed by atoms with van der Waals surface area (Å²) in [5.41, 5.74) is 1.88. The van der Waals surface area contributed by atoms with Crippen molar-refractivity contribution in [3.63, 3.8) is 0 Å². The SMILES string of the molecule is CC(=O)Nc1ccc2c(c1)sc(=NC(=O)c1ccc(S(=O)(=O)N3CC(C)CC(C)C3)cc1)n2C. The van der Waals surface area contributed by atoms with Gasteiger partial charge in [-0.15, -0.1) is 0 Å². The molecular weight excluding hydrogens is 472 g/mol. The number of fused-ring (bicyclic) bond motifs is 1. The lowest BCUT2D eigenvalue weighted by Crippen LogP contribution is -2.42. The van der Waals surface area contributed by atoms with Gasteiger partial charge in [-0.3, -0.25) is 9.59 Å². The van der Waals surface area contributed by atoms with Crippen molar-refractivity contribution < 1.29 is 18.0 Å². The Balaban J connectivity index is 1.59. The molecule has 1 aliphatic heterocycles. The number of benzene rings is 2. The third-order valence-corrected chi connectivity index (χ3v) is 8.84. The van der Waals surface area contributed by atoms with Crippen LogP contribution in [0.1, 0.15) is 37.6 Å². The first-order chi connectivity index (χ1) is 16.0. The molecule has 180 valence electrons. The smallest absolute Gasteiger partial charge is 0.279 e. The number of rotatable bonds is 4. The first-order valence-electron chi connectivity index (χ1n) is 11.1. The Morgan fingerprint density at radius 2 is 1.71 bits per heavy atom. The summed E-state index contributed by atoms with van der Waals surface area (Å²) in [6, 6.07) is 11.5. The number of anilines is 1. The average Bonchev–Trinajstić information content (AvgIpc) is 3.07. The first-order valence-corrected chi connectivity index (χ1v) is 13.4. The number of hydrogen-bond acceptors (Lipinski definition) is 5. The van der Waals surface area contributed by atoms with Gasteiger partial charge in [-0.1, -0.05) is 25.2 Å². The van der Waals surface area contributed by atoms with Crippen LogP contribution in [0.25, 0.3) is 10.2 Å². The Morgan fingerprint density at radius 1 is 1.06 bits per heavy atom. The van der Waals surface area contributed by atoms with Crippen molar-refractivity contribution in [2.24, 2.45) is 23.9 Å². The number of sulfonamides is 1. The second-order valence-corrected chi connectivity index (χ2v) is 12.0. The van der Waals surface area contributed by atoms with Crippen molar-refractivity contribution in [2.45, 2.75) is 32.1 Å². The van der Waals surface area contributed by atoms with Gasteiger partial charge in [0.25, 0.3) is 5.91 Å². The molecule has 2 unspecified atom stereocenters. The Bertz CT molecular complexity index is 1410. The molecule has 10 heteroatoms. The van der Waals surface area contributed by atoms with Gasteiger partial charge < -0.3 is 9.88 Å². The minimum atomic E-state index is -3.61. The molecule has 3 aromatic rings. The first kappa shape index (κ1) is 24.3. The number of aromatic nitrogens is 1. The molecule has 2 amide bonds. The minimum Gasteiger partial charge on any atom is -0.326 e. The lowest BCUT2D eigenvalue weighted by molar-refractivity contribution is -0.114. The number of nitrogens with zero attached hydrogens (tertiary/aromatic N) is 3. The Hall–Kier alpha value is -2.82. The zero-order valence-electron chi connectivity index (χ0n) is 19.6. The molecule has 4 rings (SSSR count). The zero-order chi connectivity index (χ0) is 24.6. The van der Waals surface area contributed by atoms with Crippen LogP contribution in [0.3, 0.4) is 0 Å². The summed E-state index contributed by atoms with van der Waals surface area (Å²) in [6.07, 6.45) is 1.02. The molecule has 1 aromatic heterocycles. The number of aryl methyl sites for hydroxylation is 1. The molecule has 1 fully saturated rings. The van der Waals surface area contributed by atoms with Gasteiger partial charge in [0.15, 0.2) is 4.80 Å². The molecule has 0 bridgehead atoms. The van der Waals surface area contributed by atoms with Gasteiger partial charge in [-0.25, -0.2) is 8.42 Å². The summed E-state index contributed by atoms with van der Waals surface area (Å²) in [7, 11) is -1.79. The minimum absolute atomic E-state index is 0.157. The lowest BCUT2D eigenvalue weighted by atomic mass is 9.94. The van der Waals surface area contributed by atoms with E-state index in [1.54, 1.807) is 10.4 Å². The summed E-state index contributed by atoms with van der Waals surface area (Å²) in [5, 5.41) is 2.75. The molecule has 1 saturated heterocycles. The van der Waals surface area contributed by atoms with Crippen LogP contribution >= 0.6 is 11.3 Å². The highest BCUT2D eigenvalue weighted by atomic mass is 32.2. The number of piperidine rings is 1. The maximum Gasteiger partial charge on any atom is 0.279 e. The van der Waals surface area contributed by atoms with Crippen molar-refractivity contribution in [1.82, 2.24) is 8.87 Å². The molecular formula is C24H28N4O4S2. The van der Waals surface area contributed by atoms with E-state index in [9.17, 15) is 18.0 Å². The summed E-state index contributed by atoms with van der Waals surface area (Å²) >= 11 is 1.34. The highest BCUT2D eigenvalue weighted by molar-refractivity contribution is 7.89. The maximum absolute atomic E-state index is 13.1. The number of hydrogen-bond donors (Lipinski definition) is 1. The van der Waals surface area contributed by atoms with Crippen molar-refractivity contribution in [2.75, 3.05) is 18.4 Å². The van der Waals surface area contributed by atoms with Crippen LogP contribution in [-0.4, -0.2) is 42.2 Å². The second kappa shape index (κ2) is 9.44. The lowest BCUT2D eigenvalue weighted by Gasteiger charge is -2.34. The van der Waals surface area contributed by atoms with Gasteiger partial charge in [0.05, 0.1) is 15.1 Å². The fraction of sp³-hybridized carbons (Fsp3) is 0.375. The molecule has 34 heavy (non-hydrogen) atoms. The van der Waals surface area contributed by atoms with Crippen molar-refractivity contribution in [1.29, 1.82) is 0 Å². The molecule has 2 heterocycles. The molecule has 0 aliphatic carbocycles. The topological polar surface area (TPSA) is 101 Å². The Morgan fingerprint density at radius 3 is 2.32 bits per heavy atom. The van der Waals surface area contributed by atoms with E-state index in [-0.39, 0.29) is 10.8 Å². The van der Waals surface area contributed by atoms with Crippen LogP contribution < -0.4 is 10.1 Å². The van der Waals surface area contributed by atoms with E-state index in [1.165, 1.54) is 42.5 Å². The molecule has 0 saturated carbocycles. The highest BCUT2D eigenvalue weighted by Gasteiger charge is 2.31. The van der Waals surface area contributed by atoms with Gasteiger partial charge in [0, 0.05) is 38.3 Å². The van der Waals surface area contributed by atoms with Crippen LogP contribution in [0.15, 0.2) is 52.4 Å². The number of amides is 2. The third kappa shape index (κ3) is 4.98. The standard InChI is InChI=1S/C24H28N4O4S2/c1-15-11-16(2)14-28(13-15)34(31,32)20-8-5-18(6-9-20)23(30)26-24-27(4)21-10-7-19(25-17(3)29)12-22(21)33-24/h5-10,12,15-16H,11,13-14H2,1-4H3,(H,25,29). The molecule has 1 aliphatic rings. The van der Waals surface area contributed by atoms with E-state index >= 15 is 0 Å². The van der Waals surface area contributed by atoms with E-state index in [2.05, 4.69) is 24.2 Å². The summed E-state index contributed by atoms with van der Waals surface area (Å²) in [6.45, 7) is 6.60. The van der Waals surface area contributed by atoms with Crippen molar-refractivity contribution >= 4 is 49.1 Å². The highest BCUT2D eigenvalue weighted by Crippen LogP contribution is 2.27. The van der Waals surface area contributed by atoms with E-state index in [0.717, 1.165) is 16.6 Å².